The van der Waals surface area contributed by atoms with E-state index in [1.165, 1.54) is 11.3 Å². The molecule has 0 aliphatic carbocycles. The van der Waals surface area contributed by atoms with Gasteiger partial charge in [-0.05, 0) is 24.3 Å². The van der Waals surface area contributed by atoms with E-state index in [9.17, 15) is 4.79 Å². The van der Waals surface area contributed by atoms with Gasteiger partial charge in [-0.2, -0.15) is 0 Å². The van der Waals surface area contributed by atoms with Crippen molar-refractivity contribution in [2.24, 2.45) is 0 Å². The summed E-state index contributed by atoms with van der Waals surface area (Å²) >= 11 is 13.3. The van der Waals surface area contributed by atoms with Crippen molar-refractivity contribution < 1.29 is 9.53 Å². The van der Waals surface area contributed by atoms with Crippen molar-refractivity contribution >= 4 is 40.4 Å². The fourth-order valence-corrected chi connectivity index (χ4v) is 2.90. The Kier molecular flexibility index (Phi) is 5.29. The maximum Gasteiger partial charge on any atom is 0.260 e. The number of ether oxygens (including phenoxy) is 1. The molecule has 2 aromatic rings. The van der Waals surface area contributed by atoms with Crippen molar-refractivity contribution in [1.29, 1.82) is 0 Å². The zero-order chi connectivity index (χ0) is 14.5. The van der Waals surface area contributed by atoms with Crippen molar-refractivity contribution in [3.05, 3.63) is 50.6 Å². The standard InChI is InChI=1S/C14H13Cl2NO2S/c1-17(8-10-6-7-13(16)20-10)14(18)9-19-12-5-3-2-4-11(12)15/h2-7H,8-9H2,1H3. The summed E-state index contributed by atoms with van der Waals surface area (Å²) in [5.41, 5.74) is 0. The van der Waals surface area contributed by atoms with Crippen LogP contribution >= 0.6 is 34.5 Å². The van der Waals surface area contributed by atoms with E-state index in [4.69, 9.17) is 27.9 Å². The molecule has 0 radical (unpaired) electrons. The summed E-state index contributed by atoms with van der Waals surface area (Å²) in [6.45, 7) is 0.474. The maximum absolute atomic E-state index is 12.0. The number of hydrogen-bond acceptors (Lipinski definition) is 3. The van der Waals surface area contributed by atoms with Gasteiger partial charge in [-0.15, -0.1) is 11.3 Å². The first-order valence-corrected chi connectivity index (χ1v) is 7.49. The Labute approximate surface area is 131 Å². The average molecular weight is 330 g/mol. The topological polar surface area (TPSA) is 29.5 Å². The second kappa shape index (κ2) is 6.97. The summed E-state index contributed by atoms with van der Waals surface area (Å²) in [7, 11) is 1.73. The lowest BCUT2D eigenvalue weighted by Gasteiger charge is -2.16. The summed E-state index contributed by atoms with van der Waals surface area (Å²) in [6.07, 6.45) is 0. The van der Waals surface area contributed by atoms with Crippen molar-refractivity contribution in [2.75, 3.05) is 13.7 Å². The molecule has 1 aromatic heterocycles. The highest BCUT2D eigenvalue weighted by Gasteiger charge is 2.12. The van der Waals surface area contributed by atoms with Gasteiger partial charge in [0, 0.05) is 11.9 Å². The van der Waals surface area contributed by atoms with Crippen LogP contribution in [0.2, 0.25) is 9.36 Å². The van der Waals surface area contributed by atoms with Gasteiger partial charge in [0.25, 0.3) is 5.91 Å². The van der Waals surface area contributed by atoms with E-state index in [0.29, 0.717) is 21.7 Å². The summed E-state index contributed by atoms with van der Waals surface area (Å²) in [6, 6.07) is 10.8. The van der Waals surface area contributed by atoms with Gasteiger partial charge in [-0.25, -0.2) is 0 Å². The van der Waals surface area contributed by atoms with Crippen LogP contribution in [-0.4, -0.2) is 24.5 Å². The quantitative estimate of drug-likeness (QED) is 0.826. The monoisotopic (exact) mass is 329 g/mol. The van der Waals surface area contributed by atoms with Crippen LogP contribution in [0.4, 0.5) is 0 Å². The molecule has 106 valence electrons. The van der Waals surface area contributed by atoms with Crippen molar-refractivity contribution in [3.8, 4) is 5.75 Å². The second-order valence-corrected chi connectivity index (χ2v) is 6.38. The lowest BCUT2D eigenvalue weighted by atomic mass is 10.3. The first kappa shape index (κ1) is 15.2. The van der Waals surface area contributed by atoms with Gasteiger partial charge >= 0.3 is 0 Å². The Hall–Kier alpha value is -1.23. The van der Waals surface area contributed by atoms with Gasteiger partial charge in [-0.1, -0.05) is 35.3 Å². The summed E-state index contributed by atoms with van der Waals surface area (Å²) in [5, 5.41) is 0.494. The Morgan fingerprint density at radius 2 is 2.00 bits per heavy atom. The molecule has 1 aromatic carbocycles. The van der Waals surface area contributed by atoms with Crippen LogP contribution in [0.1, 0.15) is 4.88 Å². The van der Waals surface area contributed by atoms with Crippen LogP contribution in [0.25, 0.3) is 0 Å². The van der Waals surface area contributed by atoms with E-state index in [1.807, 2.05) is 24.3 Å². The number of carbonyl (C=O) groups excluding carboxylic acids is 1. The van der Waals surface area contributed by atoms with Gasteiger partial charge in [0.05, 0.1) is 15.9 Å². The predicted octanol–water partition coefficient (Wildman–Crippen LogP) is 4.09. The SMILES string of the molecule is CN(Cc1ccc(Cl)s1)C(=O)COc1ccccc1Cl. The van der Waals surface area contributed by atoms with Gasteiger partial charge in [0.2, 0.25) is 0 Å². The van der Waals surface area contributed by atoms with E-state index in [2.05, 4.69) is 0 Å². The highest BCUT2D eigenvalue weighted by Crippen LogP contribution is 2.24. The van der Waals surface area contributed by atoms with Gasteiger partial charge in [-0.3, -0.25) is 4.79 Å². The van der Waals surface area contributed by atoms with Crippen molar-refractivity contribution in [3.63, 3.8) is 0 Å². The smallest absolute Gasteiger partial charge is 0.260 e. The number of halogens is 2. The van der Waals surface area contributed by atoms with Gasteiger partial charge < -0.3 is 9.64 Å². The third kappa shape index (κ3) is 4.13. The van der Waals surface area contributed by atoms with Crippen LogP contribution < -0.4 is 4.74 Å². The number of para-hydroxylation sites is 1. The molecule has 20 heavy (non-hydrogen) atoms. The van der Waals surface area contributed by atoms with E-state index in [1.54, 1.807) is 24.1 Å². The third-order valence-electron chi connectivity index (χ3n) is 2.64. The van der Waals surface area contributed by atoms with Gasteiger partial charge in [0.1, 0.15) is 5.75 Å². The first-order chi connectivity index (χ1) is 9.56. The molecule has 0 unspecified atom stereocenters. The Morgan fingerprint density at radius 3 is 2.65 bits per heavy atom. The minimum Gasteiger partial charge on any atom is -0.482 e. The van der Waals surface area contributed by atoms with E-state index in [-0.39, 0.29) is 12.5 Å². The number of benzene rings is 1. The van der Waals surface area contributed by atoms with Crippen molar-refractivity contribution in [2.45, 2.75) is 6.54 Å². The summed E-state index contributed by atoms with van der Waals surface area (Å²) < 4.78 is 6.13. The Morgan fingerprint density at radius 1 is 1.25 bits per heavy atom. The lowest BCUT2D eigenvalue weighted by molar-refractivity contribution is -0.132. The fourth-order valence-electron chi connectivity index (χ4n) is 1.57. The maximum atomic E-state index is 12.0. The molecule has 0 atom stereocenters. The Balaban J connectivity index is 1.87. The Bertz CT molecular complexity index is 600. The number of hydrogen-bond donors (Lipinski definition) is 0. The summed E-state index contributed by atoms with van der Waals surface area (Å²) in [5.74, 6) is 0.393. The average Bonchev–Trinajstić information content (AvgIpc) is 2.82. The van der Waals surface area contributed by atoms with Crippen molar-refractivity contribution in [1.82, 2.24) is 4.90 Å². The van der Waals surface area contributed by atoms with Crippen LogP contribution in [0.5, 0.6) is 5.75 Å². The molecule has 6 heteroatoms. The molecule has 0 saturated carbocycles. The predicted molar refractivity (Wildman–Crippen MR) is 82.8 cm³/mol. The molecule has 0 fully saturated rings. The molecule has 1 amide bonds. The number of amides is 1. The highest BCUT2D eigenvalue weighted by atomic mass is 35.5. The van der Waals surface area contributed by atoms with Gasteiger partial charge in [0.15, 0.2) is 6.61 Å². The molecule has 3 nitrogen and oxygen atoms in total. The highest BCUT2D eigenvalue weighted by molar-refractivity contribution is 7.16. The van der Waals surface area contributed by atoms with E-state index < -0.39 is 0 Å². The molecular formula is C14H13Cl2NO2S. The van der Waals surface area contributed by atoms with Crippen LogP contribution in [0.3, 0.4) is 0 Å². The molecular weight excluding hydrogens is 317 g/mol. The molecule has 0 N–H and O–H groups in total. The van der Waals surface area contributed by atoms with Crippen LogP contribution in [0, 0.1) is 0 Å². The van der Waals surface area contributed by atoms with Crippen LogP contribution in [0.15, 0.2) is 36.4 Å². The fraction of sp³-hybridized carbons (Fsp3) is 0.214. The number of thiophene rings is 1. The van der Waals surface area contributed by atoms with E-state index in [0.717, 1.165) is 4.88 Å². The minimum atomic E-state index is -0.116. The number of carbonyl (C=O) groups is 1. The number of nitrogens with zero attached hydrogens (tertiary/aromatic N) is 1. The molecule has 0 aliphatic rings. The number of likely N-dealkylation sites (N-methyl/N-ethyl adjacent to an activating group) is 1. The second-order valence-electron chi connectivity index (χ2n) is 4.17. The van der Waals surface area contributed by atoms with Crippen LogP contribution in [-0.2, 0) is 11.3 Å². The van der Waals surface area contributed by atoms with E-state index >= 15 is 0 Å². The molecule has 0 aliphatic heterocycles. The minimum absolute atomic E-state index is 0.0423. The zero-order valence-electron chi connectivity index (χ0n) is 10.8. The molecule has 2 rings (SSSR count). The zero-order valence-corrected chi connectivity index (χ0v) is 13.1. The third-order valence-corrected chi connectivity index (χ3v) is 4.16. The first-order valence-electron chi connectivity index (χ1n) is 5.92. The largest absolute Gasteiger partial charge is 0.482 e. The molecule has 1 heterocycles. The molecule has 0 saturated heterocycles. The number of rotatable bonds is 5. The lowest BCUT2D eigenvalue weighted by Crippen LogP contribution is -2.30. The summed E-state index contributed by atoms with van der Waals surface area (Å²) in [4.78, 5) is 14.6. The molecule has 0 bridgehead atoms. The molecule has 0 spiro atoms. The normalized spacial score (nSPS) is 10.3.